The summed E-state index contributed by atoms with van der Waals surface area (Å²) in [6.45, 7) is 2.60. The van der Waals surface area contributed by atoms with E-state index in [1.165, 1.54) is 13.2 Å². The molecule has 20 heavy (non-hydrogen) atoms. The predicted molar refractivity (Wildman–Crippen MR) is 73.9 cm³/mol. The minimum atomic E-state index is -0.644. The van der Waals surface area contributed by atoms with Gasteiger partial charge in [0.05, 0.1) is 18.4 Å². The van der Waals surface area contributed by atoms with Crippen LogP contribution in [0.5, 0.6) is 0 Å². The Morgan fingerprint density at radius 1 is 1.40 bits per heavy atom. The summed E-state index contributed by atoms with van der Waals surface area (Å²) in [5.41, 5.74) is 5.73. The van der Waals surface area contributed by atoms with Gasteiger partial charge < -0.3 is 21.1 Å². The van der Waals surface area contributed by atoms with Gasteiger partial charge in [0.25, 0.3) is 0 Å². The fraction of sp³-hybridized carbons (Fsp3) is 0.385. The van der Waals surface area contributed by atoms with Crippen LogP contribution in [0.3, 0.4) is 0 Å². The number of nitrogens with one attached hydrogen (secondary N) is 2. The SMILES string of the molecule is CCNC(=O)CCNc1cc(C(=O)OC)c(N)cc1F. The van der Waals surface area contributed by atoms with Gasteiger partial charge in [-0.05, 0) is 19.1 Å². The standard InChI is InChI=1S/C13H18FN3O3/c1-3-16-12(18)4-5-17-11-6-8(13(19)20-2)10(15)7-9(11)14/h6-7,17H,3-5,15H2,1-2H3,(H,16,18). The van der Waals surface area contributed by atoms with E-state index in [4.69, 9.17) is 5.73 Å². The number of hydrogen-bond donors (Lipinski definition) is 3. The molecule has 0 fully saturated rings. The molecule has 0 saturated carbocycles. The summed E-state index contributed by atoms with van der Waals surface area (Å²) in [5.74, 6) is -1.37. The lowest BCUT2D eigenvalue weighted by Gasteiger charge is -2.11. The highest BCUT2D eigenvalue weighted by Crippen LogP contribution is 2.22. The molecule has 0 aliphatic rings. The summed E-state index contributed by atoms with van der Waals surface area (Å²) in [5, 5.41) is 5.38. The molecule has 0 bridgehead atoms. The van der Waals surface area contributed by atoms with E-state index in [0.29, 0.717) is 6.54 Å². The van der Waals surface area contributed by atoms with Crippen LogP contribution in [0.2, 0.25) is 0 Å². The van der Waals surface area contributed by atoms with E-state index in [9.17, 15) is 14.0 Å². The van der Waals surface area contributed by atoms with Crippen LogP contribution >= 0.6 is 0 Å². The van der Waals surface area contributed by atoms with E-state index in [1.807, 2.05) is 6.92 Å². The summed E-state index contributed by atoms with van der Waals surface area (Å²) < 4.78 is 18.2. The zero-order valence-electron chi connectivity index (χ0n) is 11.5. The number of esters is 1. The number of ether oxygens (including phenoxy) is 1. The van der Waals surface area contributed by atoms with E-state index in [-0.39, 0.29) is 35.8 Å². The van der Waals surface area contributed by atoms with Gasteiger partial charge in [-0.25, -0.2) is 9.18 Å². The molecule has 0 radical (unpaired) electrons. The molecule has 0 aliphatic carbocycles. The first kappa shape index (κ1) is 15.7. The number of carbonyl (C=O) groups is 2. The minimum absolute atomic E-state index is 0.00336. The fourth-order valence-corrected chi connectivity index (χ4v) is 1.61. The number of amides is 1. The van der Waals surface area contributed by atoms with Crippen molar-refractivity contribution in [2.45, 2.75) is 13.3 Å². The van der Waals surface area contributed by atoms with Gasteiger partial charge in [0, 0.05) is 25.2 Å². The Balaban J connectivity index is 2.75. The third kappa shape index (κ3) is 4.11. The number of carbonyl (C=O) groups excluding carboxylic acids is 2. The molecule has 1 amide bonds. The normalized spacial score (nSPS) is 9.95. The minimum Gasteiger partial charge on any atom is -0.465 e. The van der Waals surface area contributed by atoms with Crippen molar-refractivity contribution in [3.8, 4) is 0 Å². The lowest BCUT2D eigenvalue weighted by Crippen LogP contribution is -2.24. The molecule has 0 aromatic heterocycles. The van der Waals surface area contributed by atoms with Crippen LogP contribution in [0.1, 0.15) is 23.7 Å². The quantitative estimate of drug-likeness (QED) is 0.537. The first-order valence-corrected chi connectivity index (χ1v) is 6.17. The van der Waals surface area contributed by atoms with Crippen LogP contribution in [0.25, 0.3) is 0 Å². The highest BCUT2D eigenvalue weighted by atomic mass is 19.1. The molecule has 110 valence electrons. The van der Waals surface area contributed by atoms with Gasteiger partial charge in [0.15, 0.2) is 0 Å². The molecule has 0 unspecified atom stereocenters. The van der Waals surface area contributed by atoms with Gasteiger partial charge in [-0.2, -0.15) is 0 Å². The van der Waals surface area contributed by atoms with E-state index < -0.39 is 11.8 Å². The summed E-state index contributed by atoms with van der Waals surface area (Å²) in [6.07, 6.45) is 0.200. The summed E-state index contributed by atoms with van der Waals surface area (Å²) in [4.78, 5) is 22.7. The van der Waals surface area contributed by atoms with E-state index >= 15 is 0 Å². The second-order valence-corrected chi connectivity index (χ2v) is 4.04. The maximum atomic E-state index is 13.7. The Morgan fingerprint density at radius 3 is 2.70 bits per heavy atom. The Kier molecular flexibility index (Phi) is 5.76. The lowest BCUT2D eigenvalue weighted by molar-refractivity contribution is -0.120. The van der Waals surface area contributed by atoms with Crippen molar-refractivity contribution in [1.82, 2.24) is 5.32 Å². The number of rotatable bonds is 6. The van der Waals surface area contributed by atoms with Crippen molar-refractivity contribution >= 4 is 23.3 Å². The third-order valence-electron chi connectivity index (χ3n) is 2.59. The Hall–Kier alpha value is -2.31. The first-order chi connectivity index (χ1) is 9.49. The van der Waals surface area contributed by atoms with Crippen molar-refractivity contribution in [1.29, 1.82) is 0 Å². The van der Waals surface area contributed by atoms with E-state index in [1.54, 1.807) is 0 Å². The topological polar surface area (TPSA) is 93.5 Å². The Labute approximate surface area is 116 Å². The molecule has 7 heteroatoms. The zero-order valence-corrected chi connectivity index (χ0v) is 11.5. The van der Waals surface area contributed by atoms with E-state index in [2.05, 4.69) is 15.4 Å². The van der Waals surface area contributed by atoms with Gasteiger partial charge in [0.1, 0.15) is 5.82 Å². The molecule has 0 spiro atoms. The molecule has 1 aromatic carbocycles. The molecular formula is C13H18FN3O3. The molecule has 0 aliphatic heterocycles. The van der Waals surface area contributed by atoms with Gasteiger partial charge in [0.2, 0.25) is 5.91 Å². The number of nitrogens with two attached hydrogens (primary N) is 1. The number of halogens is 1. The fourth-order valence-electron chi connectivity index (χ4n) is 1.61. The Morgan fingerprint density at radius 2 is 2.10 bits per heavy atom. The van der Waals surface area contributed by atoms with Crippen LogP contribution in [0, 0.1) is 5.82 Å². The van der Waals surface area contributed by atoms with Crippen molar-refractivity contribution in [3.05, 3.63) is 23.5 Å². The third-order valence-corrected chi connectivity index (χ3v) is 2.59. The second-order valence-electron chi connectivity index (χ2n) is 4.04. The molecule has 0 atom stereocenters. The molecule has 6 nitrogen and oxygen atoms in total. The Bertz CT molecular complexity index is 506. The van der Waals surface area contributed by atoms with Crippen LogP contribution in [-0.4, -0.2) is 32.1 Å². The van der Waals surface area contributed by atoms with Crippen LogP contribution in [0.4, 0.5) is 15.8 Å². The summed E-state index contributed by atoms with van der Waals surface area (Å²) in [6, 6.07) is 2.31. The number of hydrogen-bond acceptors (Lipinski definition) is 5. The second kappa shape index (κ2) is 7.32. The first-order valence-electron chi connectivity index (χ1n) is 6.17. The van der Waals surface area contributed by atoms with Crippen LogP contribution < -0.4 is 16.4 Å². The summed E-state index contributed by atoms with van der Waals surface area (Å²) in [7, 11) is 1.22. The van der Waals surface area contributed by atoms with Crippen molar-refractivity contribution in [3.63, 3.8) is 0 Å². The molecule has 0 heterocycles. The smallest absolute Gasteiger partial charge is 0.340 e. The number of nitrogen functional groups attached to an aromatic ring is 1. The molecule has 1 rings (SSSR count). The number of methoxy groups -OCH3 is 1. The van der Waals surface area contributed by atoms with Gasteiger partial charge in [-0.3, -0.25) is 4.79 Å². The lowest BCUT2D eigenvalue weighted by atomic mass is 10.1. The number of benzene rings is 1. The molecule has 1 aromatic rings. The molecule has 0 saturated heterocycles. The van der Waals surface area contributed by atoms with Crippen molar-refractivity contribution in [2.75, 3.05) is 31.2 Å². The molecular weight excluding hydrogens is 265 g/mol. The van der Waals surface area contributed by atoms with Crippen LogP contribution in [0.15, 0.2) is 12.1 Å². The highest BCUT2D eigenvalue weighted by Gasteiger charge is 2.14. The van der Waals surface area contributed by atoms with E-state index in [0.717, 1.165) is 6.07 Å². The van der Waals surface area contributed by atoms with Gasteiger partial charge >= 0.3 is 5.97 Å². The number of anilines is 2. The summed E-state index contributed by atoms with van der Waals surface area (Å²) >= 11 is 0. The van der Waals surface area contributed by atoms with Crippen molar-refractivity contribution < 1.29 is 18.7 Å². The maximum absolute atomic E-state index is 13.7. The average Bonchev–Trinajstić information content (AvgIpc) is 2.40. The zero-order chi connectivity index (χ0) is 15.1. The predicted octanol–water partition coefficient (Wildman–Crippen LogP) is 1.13. The average molecular weight is 283 g/mol. The van der Waals surface area contributed by atoms with Gasteiger partial charge in [-0.15, -0.1) is 0 Å². The molecule has 4 N–H and O–H groups in total. The highest BCUT2D eigenvalue weighted by molar-refractivity contribution is 5.96. The van der Waals surface area contributed by atoms with Gasteiger partial charge in [-0.1, -0.05) is 0 Å². The largest absolute Gasteiger partial charge is 0.465 e. The van der Waals surface area contributed by atoms with Crippen molar-refractivity contribution in [2.24, 2.45) is 0 Å². The monoisotopic (exact) mass is 283 g/mol. The van der Waals surface area contributed by atoms with Crippen LogP contribution in [-0.2, 0) is 9.53 Å². The maximum Gasteiger partial charge on any atom is 0.340 e.